The minimum atomic E-state index is 0.0338. The summed E-state index contributed by atoms with van der Waals surface area (Å²) in [5.41, 5.74) is 2.26. The first-order chi connectivity index (χ1) is 13.7. The number of carbonyl (C=O) groups is 1. The van der Waals surface area contributed by atoms with Crippen LogP contribution in [0.3, 0.4) is 0 Å². The summed E-state index contributed by atoms with van der Waals surface area (Å²) in [6, 6.07) is 7.38. The van der Waals surface area contributed by atoms with Gasteiger partial charge in [-0.05, 0) is 61.9 Å². The number of ether oxygens (including phenoxy) is 1. The summed E-state index contributed by atoms with van der Waals surface area (Å²) < 4.78 is 5.13. The topological polar surface area (TPSA) is 64.1 Å². The first-order valence-electron chi connectivity index (χ1n) is 9.56. The molecule has 0 aliphatic heterocycles. The van der Waals surface area contributed by atoms with E-state index in [2.05, 4.69) is 15.3 Å². The van der Waals surface area contributed by atoms with Crippen LogP contribution in [-0.4, -0.2) is 28.7 Å². The summed E-state index contributed by atoms with van der Waals surface area (Å²) in [6.07, 6.45) is 7.82. The Balaban J connectivity index is 1.31. The number of methoxy groups -OCH3 is 1. The average Bonchev–Trinajstić information content (AvgIpc) is 3.11. The van der Waals surface area contributed by atoms with Crippen LogP contribution in [0.2, 0.25) is 0 Å². The van der Waals surface area contributed by atoms with E-state index in [0.717, 1.165) is 39.9 Å². The number of benzene rings is 1. The number of hydrogen-bond donors (Lipinski definition) is 1. The zero-order valence-corrected chi connectivity index (χ0v) is 17.5. The minimum absolute atomic E-state index is 0.0338. The van der Waals surface area contributed by atoms with Gasteiger partial charge in [-0.1, -0.05) is 0 Å². The van der Waals surface area contributed by atoms with Crippen molar-refractivity contribution in [1.82, 2.24) is 9.97 Å². The van der Waals surface area contributed by atoms with Gasteiger partial charge in [0.05, 0.1) is 7.11 Å². The van der Waals surface area contributed by atoms with Gasteiger partial charge in [0.25, 0.3) is 0 Å². The normalized spacial score (nSPS) is 13.3. The Morgan fingerprint density at radius 2 is 2.04 bits per heavy atom. The highest BCUT2D eigenvalue weighted by molar-refractivity contribution is 7.99. The number of nitrogens with one attached hydrogen (secondary N) is 1. The van der Waals surface area contributed by atoms with E-state index >= 15 is 0 Å². The molecule has 0 saturated heterocycles. The van der Waals surface area contributed by atoms with Crippen LogP contribution in [0.4, 0.5) is 5.69 Å². The summed E-state index contributed by atoms with van der Waals surface area (Å²) in [7, 11) is 1.63. The molecule has 1 aromatic carbocycles. The molecule has 5 nitrogen and oxygen atoms in total. The Hall–Kier alpha value is -2.12. The van der Waals surface area contributed by atoms with Crippen molar-refractivity contribution in [2.24, 2.45) is 0 Å². The van der Waals surface area contributed by atoms with Crippen LogP contribution in [0.1, 0.15) is 36.1 Å². The Labute approximate surface area is 172 Å². The number of aryl methyl sites for hydroxylation is 2. The quantitative estimate of drug-likeness (QED) is 0.332. The number of hydrogen-bond acceptors (Lipinski definition) is 6. The van der Waals surface area contributed by atoms with Crippen molar-refractivity contribution in [2.45, 2.75) is 43.6 Å². The Morgan fingerprint density at radius 1 is 1.21 bits per heavy atom. The molecule has 0 spiro atoms. The molecule has 0 radical (unpaired) electrons. The number of aromatic nitrogens is 2. The molecule has 4 rings (SSSR count). The standard InChI is InChI=1S/C21H23N3O2S2/c1-26-15-10-8-14(9-11-15)24-18(25)7-4-12-27-20-19-16-5-2-3-6-17(16)28-21(19)23-13-22-20/h8-11,13H,2-7,12H2,1H3,(H,24,25). The molecular formula is C21H23N3O2S2. The lowest BCUT2D eigenvalue weighted by Gasteiger charge is -2.11. The highest BCUT2D eigenvalue weighted by atomic mass is 32.2. The number of amides is 1. The van der Waals surface area contributed by atoms with Gasteiger partial charge in [0.15, 0.2) is 0 Å². The molecule has 28 heavy (non-hydrogen) atoms. The van der Waals surface area contributed by atoms with Gasteiger partial charge in [-0.2, -0.15) is 0 Å². The van der Waals surface area contributed by atoms with Gasteiger partial charge >= 0.3 is 0 Å². The van der Waals surface area contributed by atoms with E-state index in [4.69, 9.17) is 4.74 Å². The fourth-order valence-corrected chi connectivity index (χ4v) is 5.73. The fraction of sp³-hybridized carbons (Fsp3) is 0.381. The third-order valence-electron chi connectivity index (χ3n) is 4.88. The number of carbonyl (C=O) groups excluding carboxylic acids is 1. The number of anilines is 1. The SMILES string of the molecule is COc1ccc(NC(=O)CCCSc2ncnc3sc4c(c23)CCCC4)cc1. The molecule has 0 atom stereocenters. The monoisotopic (exact) mass is 413 g/mol. The van der Waals surface area contributed by atoms with Crippen LogP contribution in [0.5, 0.6) is 5.75 Å². The van der Waals surface area contributed by atoms with Crippen LogP contribution >= 0.6 is 23.1 Å². The maximum atomic E-state index is 12.2. The van der Waals surface area contributed by atoms with E-state index in [0.29, 0.717) is 6.42 Å². The van der Waals surface area contributed by atoms with Gasteiger partial charge in [-0.15, -0.1) is 23.1 Å². The number of fused-ring (bicyclic) bond motifs is 3. The molecule has 0 unspecified atom stereocenters. The summed E-state index contributed by atoms with van der Waals surface area (Å²) in [5, 5.41) is 5.26. The highest BCUT2D eigenvalue weighted by Gasteiger charge is 2.19. The van der Waals surface area contributed by atoms with Crippen LogP contribution in [0.15, 0.2) is 35.6 Å². The molecule has 7 heteroatoms. The highest BCUT2D eigenvalue weighted by Crippen LogP contribution is 2.39. The third kappa shape index (κ3) is 4.31. The second-order valence-electron chi connectivity index (χ2n) is 6.80. The molecule has 146 valence electrons. The van der Waals surface area contributed by atoms with Gasteiger partial charge in [-0.3, -0.25) is 4.79 Å². The molecule has 1 aliphatic carbocycles. The van der Waals surface area contributed by atoms with Crippen LogP contribution < -0.4 is 10.1 Å². The van der Waals surface area contributed by atoms with Crippen molar-refractivity contribution in [3.8, 4) is 5.75 Å². The number of nitrogens with zero attached hydrogens (tertiary/aromatic N) is 2. The lowest BCUT2D eigenvalue weighted by molar-refractivity contribution is -0.116. The molecule has 0 saturated carbocycles. The van der Waals surface area contributed by atoms with Crippen LogP contribution in [0, 0.1) is 0 Å². The van der Waals surface area contributed by atoms with E-state index in [-0.39, 0.29) is 5.91 Å². The van der Waals surface area contributed by atoms with Crippen molar-refractivity contribution < 1.29 is 9.53 Å². The molecule has 0 fully saturated rings. The fourth-order valence-electron chi connectivity index (χ4n) is 3.47. The Bertz CT molecular complexity index is 970. The molecule has 2 heterocycles. The lowest BCUT2D eigenvalue weighted by Crippen LogP contribution is -2.11. The van der Waals surface area contributed by atoms with Crippen LogP contribution in [0.25, 0.3) is 10.2 Å². The van der Waals surface area contributed by atoms with Gasteiger partial charge in [0.1, 0.15) is 21.9 Å². The van der Waals surface area contributed by atoms with E-state index < -0.39 is 0 Å². The minimum Gasteiger partial charge on any atom is -0.497 e. The maximum Gasteiger partial charge on any atom is 0.224 e. The largest absolute Gasteiger partial charge is 0.497 e. The van der Waals surface area contributed by atoms with Gasteiger partial charge in [0, 0.05) is 28.1 Å². The second-order valence-corrected chi connectivity index (χ2v) is 8.97. The van der Waals surface area contributed by atoms with Crippen LogP contribution in [-0.2, 0) is 17.6 Å². The van der Waals surface area contributed by atoms with E-state index in [1.54, 1.807) is 25.2 Å². The predicted octanol–water partition coefficient (Wildman–Crippen LogP) is 5.09. The van der Waals surface area contributed by atoms with E-state index in [1.165, 1.54) is 35.1 Å². The Kier molecular flexibility index (Phi) is 6.12. The number of thioether (sulfide) groups is 1. The molecule has 0 bridgehead atoms. The van der Waals surface area contributed by atoms with E-state index in [9.17, 15) is 4.79 Å². The number of rotatable bonds is 7. The zero-order valence-electron chi connectivity index (χ0n) is 15.9. The second kappa shape index (κ2) is 8.92. The lowest BCUT2D eigenvalue weighted by atomic mass is 9.97. The van der Waals surface area contributed by atoms with E-state index in [1.807, 2.05) is 35.6 Å². The smallest absolute Gasteiger partial charge is 0.224 e. The summed E-state index contributed by atoms with van der Waals surface area (Å²) in [6.45, 7) is 0. The first kappa shape index (κ1) is 19.2. The molecule has 3 aromatic rings. The van der Waals surface area contributed by atoms with Gasteiger partial charge in [0.2, 0.25) is 5.91 Å². The predicted molar refractivity (Wildman–Crippen MR) is 116 cm³/mol. The first-order valence-corrected chi connectivity index (χ1v) is 11.4. The maximum absolute atomic E-state index is 12.2. The molecule has 2 aromatic heterocycles. The molecule has 1 N–H and O–H groups in total. The average molecular weight is 414 g/mol. The summed E-state index contributed by atoms with van der Waals surface area (Å²) >= 11 is 3.56. The van der Waals surface area contributed by atoms with Crippen molar-refractivity contribution in [3.63, 3.8) is 0 Å². The van der Waals surface area contributed by atoms with Gasteiger partial charge < -0.3 is 10.1 Å². The summed E-state index contributed by atoms with van der Waals surface area (Å²) in [4.78, 5) is 23.8. The number of thiophene rings is 1. The van der Waals surface area contributed by atoms with Gasteiger partial charge in [-0.25, -0.2) is 9.97 Å². The van der Waals surface area contributed by atoms with Crippen molar-refractivity contribution >= 4 is 44.9 Å². The molecular weight excluding hydrogens is 390 g/mol. The summed E-state index contributed by atoms with van der Waals surface area (Å²) in [5.74, 6) is 1.68. The zero-order chi connectivity index (χ0) is 19.3. The molecule has 1 aliphatic rings. The third-order valence-corrected chi connectivity index (χ3v) is 7.15. The van der Waals surface area contributed by atoms with Crippen molar-refractivity contribution in [2.75, 3.05) is 18.2 Å². The van der Waals surface area contributed by atoms with Crippen molar-refractivity contribution in [1.29, 1.82) is 0 Å². The molecule has 1 amide bonds. The Morgan fingerprint density at radius 3 is 2.86 bits per heavy atom. The van der Waals surface area contributed by atoms with Crippen molar-refractivity contribution in [3.05, 3.63) is 41.0 Å².